The van der Waals surface area contributed by atoms with E-state index in [4.69, 9.17) is 5.73 Å². The third-order valence-corrected chi connectivity index (χ3v) is 3.99. The van der Waals surface area contributed by atoms with Gasteiger partial charge in [0.2, 0.25) is 0 Å². The molecular weight excluding hydrogens is 232 g/mol. The van der Waals surface area contributed by atoms with Crippen molar-refractivity contribution in [3.05, 3.63) is 59.7 Å². The van der Waals surface area contributed by atoms with Crippen molar-refractivity contribution < 1.29 is 0 Å². The Bertz CT molecular complexity index is 563. The molecule has 2 N–H and O–H groups in total. The summed E-state index contributed by atoms with van der Waals surface area (Å²) in [6.45, 7) is 4.28. The van der Waals surface area contributed by atoms with Gasteiger partial charge in [0.1, 0.15) is 0 Å². The summed E-state index contributed by atoms with van der Waals surface area (Å²) >= 11 is 0. The van der Waals surface area contributed by atoms with Gasteiger partial charge in [0, 0.05) is 19.0 Å². The zero-order chi connectivity index (χ0) is 13.2. The third kappa shape index (κ3) is 2.43. The molecule has 0 bridgehead atoms. The zero-order valence-corrected chi connectivity index (χ0v) is 11.3. The van der Waals surface area contributed by atoms with Crippen LogP contribution >= 0.6 is 0 Å². The number of rotatable bonds is 2. The molecule has 0 saturated carbocycles. The van der Waals surface area contributed by atoms with E-state index in [1.165, 1.54) is 23.2 Å². The smallest absolute Gasteiger partial charge is 0.0602 e. The molecule has 2 aromatic rings. The molecule has 98 valence electrons. The fraction of sp³-hybridized carbons (Fsp3) is 0.294. The van der Waals surface area contributed by atoms with Crippen molar-refractivity contribution in [2.45, 2.75) is 19.3 Å². The molecule has 19 heavy (non-hydrogen) atoms. The van der Waals surface area contributed by atoms with E-state index in [2.05, 4.69) is 54.3 Å². The van der Waals surface area contributed by atoms with E-state index < -0.39 is 0 Å². The first-order valence-electron chi connectivity index (χ1n) is 6.90. The largest absolute Gasteiger partial charge is 0.397 e. The number of hydrogen-bond donors (Lipinski definition) is 1. The fourth-order valence-corrected chi connectivity index (χ4v) is 2.90. The molecule has 3 rings (SSSR count). The van der Waals surface area contributed by atoms with Crippen LogP contribution in [0.25, 0.3) is 0 Å². The van der Waals surface area contributed by atoms with Gasteiger partial charge in [-0.2, -0.15) is 0 Å². The maximum atomic E-state index is 6.11. The van der Waals surface area contributed by atoms with Gasteiger partial charge in [0.05, 0.1) is 11.4 Å². The molecule has 2 heteroatoms. The minimum absolute atomic E-state index is 0.626. The summed E-state index contributed by atoms with van der Waals surface area (Å²) in [6, 6.07) is 17.1. The summed E-state index contributed by atoms with van der Waals surface area (Å²) < 4.78 is 0. The van der Waals surface area contributed by atoms with Crippen molar-refractivity contribution in [2.75, 3.05) is 23.7 Å². The minimum atomic E-state index is 0.626. The van der Waals surface area contributed by atoms with E-state index in [0.29, 0.717) is 5.92 Å². The van der Waals surface area contributed by atoms with Crippen molar-refractivity contribution in [1.82, 2.24) is 0 Å². The number of aryl methyl sites for hydroxylation is 1. The second-order valence-electron chi connectivity index (χ2n) is 5.40. The molecule has 1 atom stereocenters. The molecule has 1 aliphatic rings. The van der Waals surface area contributed by atoms with Crippen molar-refractivity contribution in [3.8, 4) is 0 Å². The summed E-state index contributed by atoms with van der Waals surface area (Å²) in [7, 11) is 0. The lowest BCUT2D eigenvalue weighted by molar-refractivity contribution is 0.775. The molecule has 0 aromatic heterocycles. The molecule has 1 unspecified atom stereocenters. The van der Waals surface area contributed by atoms with Crippen LogP contribution in [0.5, 0.6) is 0 Å². The van der Waals surface area contributed by atoms with Crippen LogP contribution in [0.1, 0.15) is 23.5 Å². The molecule has 0 spiro atoms. The maximum Gasteiger partial charge on any atom is 0.0602 e. The average Bonchev–Trinajstić information content (AvgIpc) is 2.92. The first-order chi connectivity index (χ1) is 9.24. The normalized spacial score (nSPS) is 18.8. The molecule has 1 aliphatic heterocycles. The van der Waals surface area contributed by atoms with E-state index >= 15 is 0 Å². The first kappa shape index (κ1) is 12.1. The van der Waals surface area contributed by atoms with Gasteiger partial charge < -0.3 is 10.6 Å². The van der Waals surface area contributed by atoms with Crippen LogP contribution in [0, 0.1) is 6.92 Å². The Balaban J connectivity index is 1.81. The van der Waals surface area contributed by atoms with Gasteiger partial charge in [-0.15, -0.1) is 0 Å². The van der Waals surface area contributed by atoms with Crippen molar-refractivity contribution >= 4 is 11.4 Å². The predicted molar refractivity (Wildman–Crippen MR) is 81.6 cm³/mol. The van der Waals surface area contributed by atoms with E-state index in [0.717, 1.165) is 18.8 Å². The highest BCUT2D eigenvalue weighted by molar-refractivity contribution is 5.69. The molecule has 1 heterocycles. The predicted octanol–water partition coefficient (Wildman–Crippen LogP) is 3.57. The number of benzene rings is 2. The molecule has 1 saturated heterocycles. The first-order valence-corrected chi connectivity index (χ1v) is 6.90. The highest BCUT2D eigenvalue weighted by Crippen LogP contribution is 2.33. The number of hydrogen-bond acceptors (Lipinski definition) is 2. The number of nitrogens with zero attached hydrogens (tertiary/aromatic N) is 1. The number of nitrogens with two attached hydrogens (primary N) is 1. The van der Waals surface area contributed by atoms with Gasteiger partial charge in [-0.3, -0.25) is 0 Å². The second-order valence-corrected chi connectivity index (χ2v) is 5.40. The van der Waals surface area contributed by atoms with Crippen LogP contribution in [-0.2, 0) is 0 Å². The molecule has 0 aliphatic carbocycles. The average molecular weight is 252 g/mol. The van der Waals surface area contributed by atoms with Gasteiger partial charge in [0.25, 0.3) is 0 Å². The number of anilines is 2. The molecule has 1 fully saturated rings. The summed E-state index contributed by atoms with van der Waals surface area (Å²) in [5.74, 6) is 0.626. The third-order valence-electron chi connectivity index (χ3n) is 3.99. The topological polar surface area (TPSA) is 29.3 Å². The van der Waals surface area contributed by atoms with Gasteiger partial charge in [0.15, 0.2) is 0 Å². The van der Waals surface area contributed by atoms with Crippen LogP contribution in [0.15, 0.2) is 48.5 Å². The van der Waals surface area contributed by atoms with Crippen molar-refractivity contribution in [2.24, 2.45) is 0 Å². The van der Waals surface area contributed by atoms with Crippen molar-refractivity contribution in [3.63, 3.8) is 0 Å². The van der Waals surface area contributed by atoms with Crippen LogP contribution in [-0.4, -0.2) is 13.1 Å². The lowest BCUT2D eigenvalue weighted by Gasteiger charge is -2.21. The summed E-state index contributed by atoms with van der Waals surface area (Å²) in [6.07, 6.45) is 1.21. The highest BCUT2D eigenvalue weighted by atomic mass is 15.2. The van der Waals surface area contributed by atoms with E-state index in [1.54, 1.807) is 0 Å². The minimum Gasteiger partial charge on any atom is -0.397 e. The van der Waals surface area contributed by atoms with Crippen LogP contribution < -0.4 is 10.6 Å². The van der Waals surface area contributed by atoms with Crippen molar-refractivity contribution in [1.29, 1.82) is 0 Å². The summed E-state index contributed by atoms with van der Waals surface area (Å²) in [4.78, 5) is 2.42. The Morgan fingerprint density at radius 2 is 1.89 bits per heavy atom. The van der Waals surface area contributed by atoms with E-state index in [-0.39, 0.29) is 0 Å². The molecule has 2 aromatic carbocycles. The Kier molecular flexibility index (Phi) is 3.16. The SMILES string of the molecule is Cc1ccc(N)c(N2CCC(c3ccccc3)C2)c1. The summed E-state index contributed by atoms with van der Waals surface area (Å²) in [5, 5.41) is 0. The Hall–Kier alpha value is -1.96. The van der Waals surface area contributed by atoms with Gasteiger partial charge in [-0.1, -0.05) is 36.4 Å². The number of nitrogen functional groups attached to an aromatic ring is 1. The molecule has 2 nitrogen and oxygen atoms in total. The summed E-state index contributed by atoms with van der Waals surface area (Å²) in [5.41, 5.74) is 10.9. The van der Waals surface area contributed by atoms with Crippen LogP contribution in [0.4, 0.5) is 11.4 Å². The highest BCUT2D eigenvalue weighted by Gasteiger charge is 2.24. The second kappa shape index (κ2) is 4.96. The van der Waals surface area contributed by atoms with E-state index in [9.17, 15) is 0 Å². The van der Waals surface area contributed by atoms with Gasteiger partial charge in [-0.05, 0) is 36.6 Å². The quantitative estimate of drug-likeness (QED) is 0.828. The van der Waals surface area contributed by atoms with Crippen LogP contribution in [0.2, 0.25) is 0 Å². The Morgan fingerprint density at radius 3 is 2.68 bits per heavy atom. The van der Waals surface area contributed by atoms with Gasteiger partial charge in [-0.25, -0.2) is 0 Å². The fourth-order valence-electron chi connectivity index (χ4n) is 2.90. The van der Waals surface area contributed by atoms with Crippen LogP contribution in [0.3, 0.4) is 0 Å². The van der Waals surface area contributed by atoms with Gasteiger partial charge >= 0.3 is 0 Å². The lowest BCUT2D eigenvalue weighted by Crippen LogP contribution is -2.20. The Labute approximate surface area is 114 Å². The molecule has 0 amide bonds. The molecule has 0 radical (unpaired) electrons. The van der Waals surface area contributed by atoms with E-state index in [1.807, 2.05) is 6.07 Å². The standard InChI is InChI=1S/C17H20N2/c1-13-7-8-16(18)17(11-13)19-10-9-15(12-19)14-5-3-2-4-6-14/h2-8,11,15H,9-10,12,18H2,1H3. The lowest BCUT2D eigenvalue weighted by atomic mass is 9.99. The molecular formula is C17H20N2. The monoisotopic (exact) mass is 252 g/mol. The zero-order valence-electron chi connectivity index (χ0n) is 11.3. The maximum absolute atomic E-state index is 6.11. The Morgan fingerprint density at radius 1 is 1.11 bits per heavy atom.